The van der Waals surface area contributed by atoms with E-state index in [-0.39, 0.29) is 0 Å². The number of rotatable bonds is 0. The lowest BCUT2D eigenvalue weighted by atomic mass is 10.4. The maximum absolute atomic E-state index is 8.00. The molecule has 1 fully saturated rings. The third-order valence-electron chi connectivity index (χ3n) is 1.25. The van der Waals surface area contributed by atoms with Crippen molar-refractivity contribution in [1.29, 1.82) is 0 Å². The van der Waals surface area contributed by atoms with E-state index in [4.69, 9.17) is 4.79 Å². The molecule has 0 saturated heterocycles. The van der Waals surface area contributed by atoms with Gasteiger partial charge in [0.1, 0.15) is 6.79 Å². The van der Waals surface area contributed by atoms with Gasteiger partial charge in [-0.2, -0.15) is 0 Å². The van der Waals surface area contributed by atoms with Gasteiger partial charge in [0.05, 0.1) is 0 Å². The Kier molecular flexibility index (Phi) is 5.40. The molecule has 1 rings (SSSR count). The first kappa shape index (κ1) is 6.67. The molecular formula is C6H12O. The van der Waals surface area contributed by atoms with Gasteiger partial charge in [-0.3, -0.25) is 0 Å². The van der Waals surface area contributed by atoms with E-state index < -0.39 is 0 Å². The molecule has 0 unspecified atom stereocenters. The van der Waals surface area contributed by atoms with Crippen LogP contribution in [0.5, 0.6) is 0 Å². The Labute approximate surface area is 44.7 Å². The van der Waals surface area contributed by atoms with Crippen molar-refractivity contribution in [3.8, 4) is 0 Å². The average Bonchev–Trinajstić information content (AvgIpc) is 2.23. The minimum atomic E-state index is 1.50. The summed E-state index contributed by atoms with van der Waals surface area (Å²) < 4.78 is 0. The molecule has 0 aromatic rings. The van der Waals surface area contributed by atoms with Gasteiger partial charge in [-0.1, -0.05) is 32.1 Å². The topological polar surface area (TPSA) is 17.1 Å². The summed E-state index contributed by atoms with van der Waals surface area (Å²) in [6.45, 7) is 2.00. The molecule has 1 saturated carbocycles. The van der Waals surface area contributed by atoms with Crippen LogP contribution in [0.25, 0.3) is 0 Å². The summed E-state index contributed by atoms with van der Waals surface area (Å²) in [6, 6.07) is 0. The first-order chi connectivity index (χ1) is 3.50. The Bertz CT molecular complexity index is 23.6. The standard InChI is InChI=1S/C5H10.CH2O/c1-2-4-5-3-1;1-2/h1-5H2;1H2. The molecule has 0 N–H and O–H groups in total. The average molecular weight is 100 g/mol. The smallest absolute Gasteiger partial charge is 0.106 e. The second-order valence-corrected chi connectivity index (χ2v) is 1.77. The van der Waals surface area contributed by atoms with Gasteiger partial charge < -0.3 is 4.79 Å². The first-order valence-electron chi connectivity index (χ1n) is 2.79. The van der Waals surface area contributed by atoms with Crippen LogP contribution in [-0.4, -0.2) is 6.79 Å². The van der Waals surface area contributed by atoms with E-state index in [1.54, 1.807) is 0 Å². The normalized spacial score (nSPS) is 17.7. The summed E-state index contributed by atoms with van der Waals surface area (Å²) in [5, 5.41) is 0. The van der Waals surface area contributed by atoms with Gasteiger partial charge in [0.15, 0.2) is 0 Å². The predicted molar refractivity (Wildman–Crippen MR) is 30.2 cm³/mol. The molecule has 0 spiro atoms. The zero-order valence-corrected chi connectivity index (χ0v) is 4.65. The molecule has 0 aliphatic heterocycles. The second kappa shape index (κ2) is 5.67. The van der Waals surface area contributed by atoms with Crippen molar-refractivity contribution in [2.45, 2.75) is 32.1 Å². The van der Waals surface area contributed by atoms with Gasteiger partial charge in [0.25, 0.3) is 0 Å². The molecule has 0 aromatic heterocycles. The SMILES string of the molecule is C1CCCC1.C=O. The second-order valence-electron chi connectivity index (χ2n) is 1.77. The maximum Gasteiger partial charge on any atom is 0.106 e. The molecule has 0 amide bonds. The van der Waals surface area contributed by atoms with Crippen LogP contribution in [0.3, 0.4) is 0 Å². The quantitative estimate of drug-likeness (QED) is 0.453. The molecule has 0 bridgehead atoms. The number of carbonyl (C=O) groups excluding carboxylic acids is 1. The van der Waals surface area contributed by atoms with Gasteiger partial charge in [-0.25, -0.2) is 0 Å². The highest BCUT2D eigenvalue weighted by Gasteiger charge is 1.95. The summed E-state index contributed by atoms with van der Waals surface area (Å²) in [5.41, 5.74) is 0. The predicted octanol–water partition coefficient (Wildman–Crippen LogP) is 1.77. The van der Waals surface area contributed by atoms with E-state index in [0.717, 1.165) is 0 Å². The molecule has 1 heteroatoms. The van der Waals surface area contributed by atoms with Crippen molar-refractivity contribution in [1.82, 2.24) is 0 Å². The van der Waals surface area contributed by atoms with Crippen LogP contribution in [0.15, 0.2) is 0 Å². The summed E-state index contributed by atoms with van der Waals surface area (Å²) in [6.07, 6.45) is 7.50. The molecule has 42 valence electrons. The third kappa shape index (κ3) is 3.50. The van der Waals surface area contributed by atoms with Crippen LogP contribution in [0.4, 0.5) is 0 Å². The summed E-state index contributed by atoms with van der Waals surface area (Å²) in [4.78, 5) is 8.00. The van der Waals surface area contributed by atoms with Crippen molar-refractivity contribution >= 4 is 6.79 Å². The summed E-state index contributed by atoms with van der Waals surface area (Å²) in [5.74, 6) is 0. The van der Waals surface area contributed by atoms with E-state index in [1.807, 2.05) is 6.79 Å². The summed E-state index contributed by atoms with van der Waals surface area (Å²) in [7, 11) is 0. The van der Waals surface area contributed by atoms with Crippen molar-refractivity contribution < 1.29 is 4.79 Å². The van der Waals surface area contributed by atoms with Crippen LogP contribution >= 0.6 is 0 Å². The minimum absolute atomic E-state index is 1.50. The van der Waals surface area contributed by atoms with Crippen LogP contribution in [-0.2, 0) is 4.79 Å². The Balaban J connectivity index is 0.000000162. The Morgan fingerprint density at radius 3 is 1.00 bits per heavy atom. The third-order valence-corrected chi connectivity index (χ3v) is 1.25. The van der Waals surface area contributed by atoms with Crippen molar-refractivity contribution in [2.24, 2.45) is 0 Å². The van der Waals surface area contributed by atoms with Crippen molar-refractivity contribution in [2.75, 3.05) is 0 Å². The largest absolute Gasteiger partial charge is 0.307 e. The van der Waals surface area contributed by atoms with Gasteiger partial charge >= 0.3 is 0 Å². The Hall–Kier alpha value is -0.330. The molecule has 0 heterocycles. The number of hydrogen-bond donors (Lipinski definition) is 0. The highest BCUT2D eigenvalue weighted by atomic mass is 16.1. The molecule has 1 nitrogen and oxygen atoms in total. The van der Waals surface area contributed by atoms with Gasteiger partial charge in [-0.15, -0.1) is 0 Å². The Morgan fingerprint density at radius 2 is 0.857 bits per heavy atom. The lowest BCUT2D eigenvalue weighted by molar-refractivity contribution is -0.0979. The fourth-order valence-corrected chi connectivity index (χ4v) is 0.884. The molecule has 0 atom stereocenters. The van der Waals surface area contributed by atoms with E-state index in [9.17, 15) is 0 Å². The van der Waals surface area contributed by atoms with Crippen LogP contribution in [0, 0.1) is 0 Å². The van der Waals surface area contributed by atoms with E-state index in [0.29, 0.717) is 0 Å². The molecule has 1 aliphatic carbocycles. The van der Waals surface area contributed by atoms with Crippen LogP contribution in [0.1, 0.15) is 32.1 Å². The zero-order chi connectivity index (χ0) is 5.54. The molecule has 1 aliphatic rings. The van der Waals surface area contributed by atoms with E-state index in [2.05, 4.69) is 0 Å². The highest BCUT2D eigenvalue weighted by Crippen LogP contribution is 2.15. The van der Waals surface area contributed by atoms with Gasteiger partial charge in [0.2, 0.25) is 0 Å². The molecular weight excluding hydrogens is 88.1 g/mol. The monoisotopic (exact) mass is 100 g/mol. The first-order valence-corrected chi connectivity index (χ1v) is 2.79. The Morgan fingerprint density at radius 1 is 0.714 bits per heavy atom. The van der Waals surface area contributed by atoms with E-state index in [1.165, 1.54) is 32.1 Å². The number of carbonyl (C=O) groups is 1. The molecule has 7 heavy (non-hydrogen) atoms. The fraction of sp³-hybridized carbons (Fsp3) is 0.833. The molecule has 0 radical (unpaired) electrons. The van der Waals surface area contributed by atoms with Gasteiger partial charge in [-0.05, 0) is 0 Å². The highest BCUT2D eigenvalue weighted by molar-refractivity contribution is 5.10. The lowest BCUT2D eigenvalue weighted by Gasteiger charge is -1.67. The number of hydrogen-bond acceptors (Lipinski definition) is 1. The zero-order valence-electron chi connectivity index (χ0n) is 4.65. The van der Waals surface area contributed by atoms with E-state index >= 15 is 0 Å². The lowest BCUT2D eigenvalue weighted by Crippen LogP contribution is -1.47. The van der Waals surface area contributed by atoms with Crippen molar-refractivity contribution in [3.05, 3.63) is 0 Å². The van der Waals surface area contributed by atoms with Crippen LogP contribution < -0.4 is 0 Å². The van der Waals surface area contributed by atoms with Gasteiger partial charge in [0, 0.05) is 0 Å². The fourth-order valence-electron chi connectivity index (χ4n) is 0.884. The van der Waals surface area contributed by atoms with Crippen LogP contribution in [0.2, 0.25) is 0 Å². The van der Waals surface area contributed by atoms with Crippen molar-refractivity contribution in [3.63, 3.8) is 0 Å². The maximum atomic E-state index is 8.00. The summed E-state index contributed by atoms with van der Waals surface area (Å²) >= 11 is 0. The minimum Gasteiger partial charge on any atom is -0.307 e. The molecule has 0 aromatic carbocycles.